The number of nitrogens with zero attached hydrogens (tertiary/aromatic N) is 5. The summed E-state index contributed by atoms with van der Waals surface area (Å²) in [7, 11) is -0.151. The van der Waals surface area contributed by atoms with Gasteiger partial charge in [0.25, 0.3) is 10.2 Å². The van der Waals surface area contributed by atoms with Gasteiger partial charge in [0.05, 0.1) is 5.69 Å². The largest absolute Gasteiger partial charge is 0.354 e. The molecule has 2 aliphatic heterocycles. The Morgan fingerprint density at radius 2 is 1.58 bits per heavy atom. The maximum absolute atomic E-state index is 12.3. The lowest BCUT2D eigenvalue weighted by molar-refractivity contribution is 0.406. The number of hydrogen-bond acceptors (Lipinski definition) is 5. The van der Waals surface area contributed by atoms with E-state index in [1.54, 1.807) is 18.4 Å². The monoisotopic (exact) mass is 373 g/mol. The minimum Gasteiger partial charge on any atom is -0.354 e. The Kier molecular flexibility index (Phi) is 4.42. The molecule has 2 unspecified atom stereocenters. The highest BCUT2D eigenvalue weighted by Gasteiger charge is 2.44. The van der Waals surface area contributed by atoms with E-state index < -0.39 is 10.2 Å². The zero-order valence-corrected chi connectivity index (χ0v) is 15.8. The summed E-state index contributed by atoms with van der Waals surface area (Å²) in [5, 5.41) is 8.76. The number of aromatic nitrogens is 2. The van der Waals surface area contributed by atoms with Crippen molar-refractivity contribution in [3.63, 3.8) is 0 Å². The van der Waals surface area contributed by atoms with E-state index in [1.807, 2.05) is 42.5 Å². The fourth-order valence-electron chi connectivity index (χ4n) is 3.81. The molecule has 1 aromatic carbocycles. The van der Waals surface area contributed by atoms with E-state index in [0.717, 1.165) is 30.2 Å². The van der Waals surface area contributed by atoms with E-state index in [-0.39, 0.29) is 0 Å². The van der Waals surface area contributed by atoms with Crippen LogP contribution in [0.5, 0.6) is 0 Å². The Hall–Kier alpha value is -2.03. The number of fused-ring (bicyclic) bond motifs is 1. The van der Waals surface area contributed by atoms with Crippen LogP contribution in [0.2, 0.25) is 0 Å². The maximum Gasteiger partial charge on any atom is 0.281 e. The fraction of sp³-hybridized carbons (Fsp3) is 0.444. The van der Waals surface area contributed by atoms with E-state index in [0.29, 0.717) is 24.9 Å². The van der Waals surface area contributed by atoms with E-state index in [2.05, 4.69) is 15.1 Å². The average Bonchev–Trinajstić information content (AvgIpc) is 3.22. The molecular weight excluding hydrogens is 350 g/mol. The van der Waals surface area contributed by atoms with Crippen LogP contribution in [-0.4, -0.2) is 67.5 Å². The molecule has 3 heterocycles. The Morgan fingerprint density at radius 1 is 0.923 bits per heavy atom. The van der Waals surface area contributed by atoms with E-state index in [1.165, 1.54) is 4.31 Å². The van der Waals surface area contributed by atoms with Crippen molar-refractivity contribution in [1.82, 2.24) is 18.8 Å². The smallest absolute Gasteiger partial charge is 0.281 e. The molecule has 1 aromatic heterocycles. The number of benzene rings is 1. The van der Waals surface area contributed by atoms with Crippen molar-refractivity contribution >= 4 is 16.0 Å². The van der Waals surface area contributed by atoms with Gasteiger partial charge in [-0.1, -0.05) is 30.3 Å². The van der Waals surface area contributed by atoms with Gasteiger partial charge in [-0.3, -0.25) is 0 Å². The minimum atomic E-state index is -3.32. The second kappa shape index (κ2) is 6.61. The lowest BCUT2D eigenvalue weighted by Gasteiger charge is -2.24. The molecule has 2 aliphatic rings. The number of rotatable bonds is 4. The topological polar surface area (TPSA) is 69.6 Å². The van der Waals surface area contributed by atoms with Gasteiger partial charge in [-0.2, -0.15) is 17.0 Å². The van der Waals surface area contributed by atoms with Crippen LogP contribution < -0.4 is 4.90 Å². The highest BCUT2D eigenvalue weighted by Crippen LogP contribution is 2.34. The Balaban J connectivity index is 1.43. The predicted octanol–water partition coefficient (Wildman–Crippen LogP) is 1.32. The number of hydrogen-bond donors (Lipinski definition) is 0. The SMILES string of the molecule is CN(C)S(=O)(=O)N1CC2CN(c3ccc(-c4ccccc4)nn3)CC2C1. The fourth-order valence-corrected chi connectivity index (χ4v) is 5.03. The van der Waals surface area contributed by atoms with Crippen LogP contribution in [0.25, 0.3) is 11.3 Å². The van der Waals surface area contributed by atoms with Crippen molar-refractivity contribution in [2.75, 3.05) is 45.2 Å². The zero-order chi connectivity index (χ0) is 18.3. The molecule has 2 atom stereocenters. The molecule has 4 rings (SSSR count). The summed E-state index contributed by atoms with van der Waals surface area (Å²) in [6.07, 6.45) is 0. The molecular formula is C18H23N5O2S. The van der Waals surface area contributed by atoms with Crippen molar-refractivity contribution in [2.24, 2.45) is 11.8 Å². The molecule has 138 valence electrons. The molecule has 8 heteroatoms. The quantitative estimate of drug-likeness (QED) is 0.808. The first-order valence-electron chi connectivity index (χ1n) is 8.77. The Bertz CT molecular complexity index is 856. The van der Waals surface area contributed by atoms with Crippen molar-refractivity contribution in [2.45, 2.75) is 0 Å². The molecule has 0 N–H and O–H groups in total. The van der Waals surface area contributed by atoms with Crippen molar-refractivity contribution < 1.29 is 8.42 Å². The van der Waals surface area contributed by atoms with Gasteiger partial charge in [0, 0.05) is 45.8 Å². The van der Waals surface area contributed by atoms with E-state index >= 15 is 0 Å². The van der Waals surface area contributed by atoms with Gasteiger partial charge in [0.2, 0.25) is 0 Å². The maximum atomic E-state index is 12.3. The van der Waals surface area contributed by atoms with Crippen LogP contribution in [0.15, 0.2) is 42.5 Å². The highest BCUT2D eigenvalue weighted by atomic mass is 32.2. The van der Waals surface area contributed by atoms with Crippen LogP contribution in [0.4, 0.5) is 5.82 Å². The molecule has 2 aromatic rings. The lowest BCUT2D eigenvalue weighted by atomic mass is 10.0. The molecule has 26 heavy (non-hydrogen) atoms. The second-order valence-electron chi connectivity index (χ2n) is 7.18. The van der Waals surface area contributed by atoms with Crippen molar-refractivity contribution in [3.05, 3.63) is 42.5 Å². The van der Waals surface area contributed by atoms with Gasteiger partial charge in [-0.05, 0) is 24.0 Å². The standard InChI is InChI=1S/C18H23N5O2S/c1-21(2)26(24,25)23-12-15-10-22(11-16(15)13-23)18-9-8-17(19-20-18)14-6-4-3-5-7-14/h3-9,15-16H,10-13H2,1-2H3. The summed E-state index contributed by atoms with van der Waals surface area (Å²) in [6, 6.07) is 14.0. The third kappa shape index (κ3) is 3.08. The van der Waals surface area contributed by atoms with Crippen LogP contribution in [-0.2, 0) is 10.2 Å². The molecule has 2 fully saturated rings. The van der Waals surface area contributed by atoms with Gasteiger partial charge in [-0.25, -0.2) is 0 Å². The molecule has 0 bridgehead atoms. The average molecular weight is 373 g/mol. The van der Waals surface area contributed by atoms with Gasteiger partial charge in [0.1, 0.15) is 0 Å². The summed E-state index contributed by atoms with van der Waals surface area (Å²) in [5.74, 6) is 1.56. The first-order chi connectivity index (χ1) is 12.4. The van der Waals surface area contributed by atoms with Crippen molar-refractivity contribution in [1.29, 1.82) is 0 Å². The molecule has 7 nitrogen and oxygen atoms in total. The van der Waals surface area contributed by atoms with Crippen LogP contribution >= 0.6 is 0 Å². The first kappa shape index (κ1) is 17.4. The summed E-state index contributed by atoms with van der Waals surface area (Å²) in [4.78, 5) is 2.22. The van der Waals surface area contributed by atoms with Gasteiger partial charge >= 0.3 is 0 Å². The summed E-state index contributed by atoms with van der Waals surface area (Å²) in [6.45, 7) is 2.81. The Labute approximate surface area is 154 Å². The van der Waals surface area contributed by atoms with Gasteiger partial charge < -0.3 is 4.90 Å². The van der Waals surface area contributed by atoms with Crippen LogP contribution in [0, 0.1) is 11.8 Å². The Morgan fingerprint density at radius 3 is 2.12 bits per heavy atom. The first-order valence-corrected chi connectivity index (χ1v) is 10.2. The minimum absolute atomic E-state index is 0.348. The second-order valence-corrected chi connectivity index (χ2v) is 9.32. The third-order valence-electron chi connectivity index (χ3n) is 5.28. The third-order valence-corrected chi connectivity index (χ3v) is 7.16. The predicted molar refractivity (Wildman–Crippen MR) is 101 cm³/mol. The van der Waals surface area contributed by atoms with Gasteiger partial charge in [0.15, 0.2) is 5.82 Å². The molecule has 0 aliphatic carbocycles. The molecule has 0 radical (unpaired) electrons. The summed E-state index contributed by atoms with van der Waals surface area (Å²) in [5.41, 5.74) is 1.91. The van der Waals surface area contributed by atoms with E-state index in [9.17, 15) is 8.42 Å². The summed E-state index contributed by atoms with van der Waals surface area (Å²) < 4.78 is 27.5. The number of anilines is 1. The normalized spacial score (nSPS) is 23.6. The summed E-state index contributed by atoms with van der Waals surface area (Å²) >= 11 is 0. The zero-order valence-electron chi connectivity index (χ0n) is 15.0. The molecule has 0 saturated carbocycles. The lowest BCUT2D eigenvalue weighted by Crippen LogP contribution is -2.40. The van der Waals surface area contributed by atoms with Crippen molar-refractivity contribution in [3.8, 4) is 11.3 Å². The van der Waals surface area contributed by atoms with Crippen LogP contribution in [0.3, 0.4) is 0 Å². The molecule has 2 saturated heterocycles. The highest BCUT2D eigenvalue weighted by molar-refractivity contribution is 7.86. The molecule has 0 spiro atoms. The van der Waals surface area contributed by atoms with Crippen LogP contribution in [0.1, 0.15) is 0 Å². The molecule has 0 amide bonds. The van der Waals surface area contributed by atoms with Gasteiger partial charge in [-0.15, -0.1) is 10.2 Å². The van der Waals surface area contributed by atoms with E-state index in [4.69, 9.17) is 0 Å².